The molecule has 0 aliphatic carbocycles. The number of fused-ring (bicyclic) bond motifs is 1. The first-order valence-corrected chi connectivity index (χ1v) is 9.13. The Morgan fingerprint density at radius 3 is 2.60 bits per heavy atom. The lowest BCUT2D eigenvalue weighted by molar-refractivity contribution is 0.663. The highest BCUT2D eigenvalue weighted by Gasteiger charge is 2.25. The van der Waals surface area contributed by atoms with E-state index >= 15 is 0 Å². The molecule has 0 aromatic heterocycles. The lowest BCUT2D eigenvalue weighted by atomic mass is 9.93. The molecule has 2 atom stereocenters. The molecule has 0 fully saturated rings. The number of hydrogen-bond donors (Lipinski definition) is 0. The zero-order valence-electron chi connectivity index (χ0n) is 11.7. The summed E-state index contributed by atoms with van der Waals surface area (Å²) in [5.41, 5.74) is 4.33. The average molecular weight is 347 g/mol. The normalized spacial score (nSPS) is 18.8. The molecular weight excluding hydrogens is 328 g/mol. The molecule has 3 rings (SSSR count). The predicted octanol–water partition coefficient (Wildman–Crippen LogP) is 5.58. The van der Waals surface area contributed by atoms with E-state index in [1.54, 1.807) is 0 Å². The minimum Gasteiger partial charge on any atom is -0.122 e. The van der Waals surface area contributed by atoms with Crippen LogP contribution in [0.15, 0.2) is 53.4 Å². The van der Waals surface area contributed by atoms with Crippen molar-refractivity contribution >= 4 is 27.7 Å². The van der Waals surface area contributed by atoms with Crippen molar-refractivity contribution in [2.24, 2.45) is 0 Å². The van der Waals surface area contributed by atoms with E-state index in [1.807, 2.05) is 0 Å². The van der Waals surface area contributed by atoms with Gasteiger partial charge in [0.2, 0.25) is 0 Å². The maximum Gasteiger partial charge on any atom is 0.0141 e. The van der Waals surface area contributed by atoms with Crippen molar-refractivity contribution in [3.63, 3.8) is 0 Å². The Bertz CT molecular complexity index is 551. The summed E-state index contributed by atoms with van der Waals surface area (Å²) in [6.45, 7) is 2.15. The van der Waals surface area contributed by atoms with Gasteiger partial charge in [-0.2, -0.15) is 0 Å². The highest BCUT2D eigenvalue weighted by Crippen LogP contribution is 2.41. The summed E-state index contributed by atoms with van der Waals surface area (Å²) in [5, 5.41) is 1.76. The molecule has 1 heterocycles. The summed E-state index contributed by atoms with van der Waals surface area (Å²) in [6.07, 6.45) is 2.46. The summed E-state index contributed by atoms with van der Waals surface area (Å²) in [7, 11) is 0. The van der Waals surface area contributed by atoms with Crippen molar-refractivity contribution < 1.29 is 0 Å². The van der Waals surface area contributed by atoms with Crippen molar-refractivity contribution in [1.29, 1.82) is 0 Å². The molecule has 2 unspecified atom stereocenters. The van der Waals surface area contributed by atoms with Crippen molar-refractivity contribution in [3.8, 4) is 0 Å². The molecule has 2 heteroatoms. The fraction of sp³-hybridized carbons (Fsp3) is 0.333. The van der Waals surface area contributed by atoms with Crippen LogP contribution in [0, 0.1) is 6.92 Å². The summed E-state index contributed by atoms with van der Waals surface area (Å²) in [6, 6.07) is 17.9. The minimum atomic E-state index is 0.613. The number of hydrogen-bond acceptors (Lipinski definition) is 1. The van der Waals surface area contributed by atoms with Crippen LogP contribution >= 0.6 is 27.7 Å². The number of thioether (sulfide) groups is 1. The van der Waals surface area contributed by atoms with Gasteiger partial charge in [0.25, 0.3) is 0 Å². The Hall–Kier alpha value is -0.730. The topological polar surface area (TPSA) is 0 Å². The molecule has 20 heavy (non-hydrogen) atoms. The summed E-state index contributed by atoms with van der Waals surface area (Å²) in [4.78, 5) is 1.48. The summed E-state index contributed by atoms with van der Waals surface area (Å²) < 4.78 is 0. The van der Waals surface area contributed by atoms with Crippen LogP contribution in [-0.2, 0) is 6.42 Å². The SMILES string of the molecule is Cc1ccc(C(CBr)CC2Cc3ccccc3S2)cc1. The van der Waals surface area contributed by atoms with Gasteiger partial charge in [-0.25, -0.2) is 0 Å². The Kier molecular flexibility index (Phi) is 4.52. The number of rotatable bonds is 4. The van der Waals surface area contributed by atoms with Gasteiger partial charge in [-0.15, -0.1) is 11.8 Å². The van der Waals surface area contributed by atoms with Gasteiger partial charge >= 0.3 is 0 Å². The van der Waals surface area contributed by atoms with E-state index in [2.05, 4.69) is 83.1 Å². The molecule has 2 aromatic rings. The van der Waals surface area contributed by atoms with Gasteiger partial charge in [0.05, 0.1) is 0 Å². The third-order valence-electron chi connectivity index (χ3n) is 4.00. The fourth-order valence-electron chi connectivity index (χ4n) is 2.83. The van der Waals surface area contributed by atoms with Crippen molar-refractivity contribution in [1.82, 2.24) is 0 Å². The van der Waals surface area contributed by atoms with Gasteiger partial charge in [-0.05, 0) is 42.9 Å². The minimum absolute atomic E-state index is 0.613. The average Bonchev–Trinajstić information content (AvgIpc) is 2.88. The Morgan fingerprint density at radius 1 is 1.15 bits per heavy atom. The van der Waals surface area contributed by atoms with Gasteiger partial charge in [0, 0.05) is 15.5 Å². The second-order valence-electron chi connectivity index (χ2n) is 5.55. The van der Waals surface area contributed by atoms with E-state index in [1.165, 1.54) is 34.4 Å². The highest BCUT2D eigenvalue weighted by atomic mass is 79.9. The van der Waals surface area contributed by atoms with Crippen LogP contribution in [0.2, 0.25) is 0 Å². The number of aryl methyl sites for hydroxylation is 1. The summed E-state index contributed by atoms with van der Waals surface area (Å²) in [5.74, 6) is 0.613. The molecule has 0 radical (unpaired) electrons. The third-order valence-corrected chi connectivity index (χ3v) is 6.12. The van der Waals surface area contributed by atoms with Gasteiger partial charge in [-0.1, -0.05) is 64.0 Å². The maximum atomic E-state index is 3.70. The number of alkyl halides is 1. The van der Waals surface area contributed by atoms with Crippen LogP contribution in [0.25, 0.3) is 0 Å². The zero-order valence-corrected chi connectivity index (χ0v) is 14.1. The Morgan fingerprint density at radius 2 is 1.90 bits per heavy atom. The molecule has 0 N–H and O–H groups in total. The van der Waals surface area contributed by atoms with E-state index < -0.39 is 0 Å². The van der Waals surface area contributed by atoms with Gasteiger partial charge < -0.3 is 0 Å². The van der Waals surface area contributed by atoms with Gasteiger partial charge in [0.15, 0.2) is 0 Å². The molecule has 104 valence electrons. The lowest BCUT2D eigenvalue weighted by Crippen LogP contribution is -2.10. The van der Waals surface area contributed by atoms with Crippen molar-refractivity contribution in [2.45, 2.75) is 35.8 Å². The molecule has 0 saturated carbocycles. The Labute approximate surface area is 134 Å². The largest absolute Gasteiger partial charge is 0.122 e. The number of halogens is 1. The van der Waals surface area contributed by atoms with Crippen LogP contribution in [-0.4, -0.2) is 10.6 Å². The molecule has 0 saturated heterocycles. The van der Waals surface area contributed by atoms with E-state index in [0.29, 0.717) is 5.92 Å². The predicted molar refractivity (Wildman–Crippen MR) is 92.1 cm³/mol. The smallest absolute Gasteiger partial charge is 0.0141 e. The standard InChI is InChI=1S/C18H19BrS/c1-13-6-8-14(9-7-13)16(12-19)11-17-10-15-4-2-3-5-18(15)20-17/h2-9,16-17H,10-12H2,1H3. The monoisotopic (exact) mass is 346 g/mol. The van der Waals surface area contributed by atoms with Crippen LogP contribution < -0.4 is 0 Å². The fourth-order valence-corrected chi connectivity index (χ4v) is 4.88. The summed E-state index contributed by atoms with van der Waals surface area (Å²) >= 11 is 5.76. The molecule has 1 aliphatic rings. The second-order valence-corrected chi connectivity index (χ2v) is 7.54. The van der Waals surface area contributed by atoms with Crippen LogP contribution in [0.1, 0.15) is 29.0 Å². The molecule has 0 spiro atoms. The third kappa shape index (κ3) is 3.12. The van der Waals surface area contributed by atoms with E-state index in [4.69, 9.17) is 0 Å². The van der Waals surface area contributed by atoms with Crippen molar-refractivity contribution in [2.75, 3.05) is 5.33 Å². The number of benzene rings is 2. The molecule has 2 aromatic carbocycles. The molecule has 0 nitrogen and oxygen atoms in total. The van der Waals surface area contributed by atoms with Crippen molar-refractivity contribution in [3.05, 3.63) is 65.2 Å². The van der Waals surface area contributed by atoms with Gasteiger partial charge in [0.1, 0.15) is 0 Å². The quantitative estimate of drug-likeness (QED) is 0.651. The maximum absolute atomic E-state index is 3.70. The Balaban J connectivity index is 1.69. The van der Waals surface area contributed by atoms with Gasteiger partial charge in [-0.3, -0.25) is 0 Å². The molecule has 0 bridgehead atoms. The highest BCUT2D eigenvalue weighted by molar-refractivity contribution is 9.09. The van der Waals surface area contributed by atoms with E-state index in [-0.39, 0.29) is 0 Å². The zero-order chi connectivity index (χ0) is 13.9. The van der Waals surface area contributed by atoms with Crippen LogP contribution in [0.4, 0.5) is 0 Å². The molecule has 0 amide bonds. The first kappa shape index (κ1) is 14.2. The first-order valence-electron chi connectivity index (χ1n) is 7.13. The lowest BCUT2D eigenvalue weighted by Gasteiger charge is -2.18. The van der Waals surface area contributed by atoms with Crippen LogP contribution in [0.3, 0.4) is 0 Å². The molecule has 1 aliphatic heterocycles. The second kappa shape index (κ2) is 6.36. The molecular formula is C18H19BrS. The van der Waals surface area contributed by atoms with E-state index in [0.717, 1.165) is 10.6 Å². The first-order chi connectivity index (χ1) is 9.76. The van der Waals surface area contributed by atoms with Crippen LogP contribution in [0.5, 0.6) is 0 Å². The van der Waals surface area contributed by atoms with E-state index in [9.17, 15) is 0 Å².